The number of nitriles is 1. The number of carbonyl (C=O) groups excluding carboxylic acids is 1. The molecule has 0 bridgehead atoms. The first-order valence-electron chi connectivity index (χ1n) is 9.52. The largest absolute Gasteiger partial charge is 0.331 e. The summed E-state index contributed by atoms with van der Waals surface area (Å²) in [5, 5.41) is 12.0. The number of nitrogens with zero attached hydrogens (tertiary/aromatic N) is 1. The van der Waals surface area contributed by atoms with Crippen LogP contribution in [0.1, 0.15) is 56.2 Å². The Bertz CT molecular complexity index is 1220. The Balaban J connectivity index is 0.00000512. The molecule has 2 aromatic carbocycles. The Kier molecular flexibility index (Phi) is 8.91. The normalized spacial score (nSPS) is 13.1. The maximum Gasteiger partial charge on any atom is 0.331 e. The van der Waals surface area contributed by atoms with Gasteiger partial charge in [-0.15, -0.1) is 0 Å². The standard InChI is InChI=1S/C21H26N4O4S2.H2S/c1-13(2)18-10-15(12-22)11-19(14(3)4)20(18)24-21(26)25-31(23,29)17-8-6-16(7-9-17)30(5,27)28;/h6-11,13-14H,1-5H3,(H3,23,24,25,26,29);1H2. The fourth-order valence-electron chi connectivity index (χ4n) is 3.01. The predicted octanol–water partition coefficient (Wildman–Crippen LogP) is 4.46. The molecule has 0 aliphatic carbocycles. The molecule has 2 rings (SSSR count). The van der Waals surface area contributed by atoms with E-state index in [0.29, 0.717) is 11.3 Å². The van der Waals surface area contributed by atoms with Crippen molar-refractivity contribution in [3.8, 4) is 6.07 Å². The van der Waals surface area contributed by atoms with Crippen LogP contribution in [0.2, 0.25) is 0 Å². The van der Waals surface area contributed by atoms with Crippen molar-refractivity contribution >= 4 is 45.0 Å². The summed E-state index contributed by atoms with van der Waals surface area (Å²) < 4.78 is 46.2. The number of benzene rings is 2. The first-order valence-corrected chi connectivity index (χ1v) is 13.0. The smallest absolute Gasteiger partial charge is 0.307 e. The van der Waals surface area contributed by atoms with Crippen LogP contribution >= 0.6 is 13.5 Å². The highest BCUT2D eigenvalue weighted by Gasteiger charge is 2.21. The topological polar surface area (TPSA) is 140 Å². The Morgan fingerprint density at radius 3 is 1.78 bits per heavy atom. The van der Waals surface area contributed by atoms with Gasteiger partial charge in [-0.25, -0.2) is 26.9 Å². The Morgan fingerprint density at radius 2 is 1.41 bits per heavy atom. The quantitative estimate of drug-likeness (QED) is 0.541. The summed E-state index contributed by atoms with van der Waals surface area (Å²) in [5.74, 6) is 0.00925. The minimum Gasteiger partial charge on any atom is -0.307 e. The van der Waals surface area contributed by atoms with Crippen LogP contribution in [0.25, 0.3) is 0 Å². The average molecular weight is 497 g/mol. The number of carbonyl (C=O) groups is 1. The van der Waals surface area contributed by atoms with Crippen molar-refractivity contribution in [1.29, 1.82) is 10.0 Å². The number of urea groups is 1. The molecule has 0 saturated heterocycles. The number of sulfone groups is 1. The van der Waals surface area contributed by atoms with Crippen LogP contribution in [0.15, 0.2) is 46.2 Å². The van der Waals surface area contributed by atoms with E-state index in [1.807, 2.05) is 27.7 Å². The van der Waals surface area contributed by atoms with E-state index >= 15 is 0 Å². The average Bonchev–Trinajstić information content (AvgIpc) is 2.66. The number of anilines is 1. The van der Waals surface area contributed by atoms with E-state index in [9.17, 15) is 22.7 Å². The molecule has 0 heterocycles. The number of rotatable bonds is 6. The predicted molar refractivity (Wildman–Crippen MR) is 131 cm³/mol. The summed E-state index contributed by atoms with van der Waals surface area (Å²) in [5.41, 5.74) is 2.51. The second-order valence-electron chi connectivity index (χ2n) is 7.81. The second kappa shape index (κ2) is 10.4. The molecular weight excluding hydrogens is 468 g/mol. The molecule has 0 aromatic heterocycles. The molecular formula is C21H28N4O4S3. The molecule has 174 valence electrons. The molecule has 1 unspecified atom stereocenters. The molecule has 0 aliphatic heterocycles. The third-order valence-corrected chi connectivity index (χ3v) is 7.17. The van der Waals surface area contributed by atoms with E-state index in [0.717, 1.165) is 17.4 Å². The minimum absolute atomic E-state index is 0. The summed E-state index contributed by atoms with van der Waals surface area (Å²) in [7, 11) is -7.17. The fourth-order valence-corrected chi connectivity index (χ4v) is 4.59. The monoisotopic (exact) mass is 496 g/mol. The van der Waals surface area contributed by atoms with Crippen LogP contribution in [0, 0.1) is 16.1 Å². The van der Waals surface area contributed by atoms with Gasteiger partial charge in [0, 0.05) is 11.9 Å². The van der Waals surface area contributed by atoms with Gasteiger partial charge >= 0.3 is 6.03 Å². The fraction of sp³-hybridized carbons (Fsp3) is 0.333. The van der Waals surface area contributed by atoms with Gasteiger partial charge in [-0.3, -0.25) is 0 Å². The zero-order chi connectivity index (χ0) is 23.6. The highest BCUT2D eigenvalue weighted by Crippen LogP contribution is 2.34. The first-order chi connectivity index (χ1) is 14.3. The Hall–Kier alpha value is -2.55. The van der Waals surface area contributed by atoms with Crippen molar-refractivity contribution < 1.29 is 17.4 Å². The van der Waals surface area contributed by atoms with E-state index in [1.54, 1.807) is 12.1 Å². The van der Waals surface area contributed by atoms with Crippen LogP contribution in [0.3, 0.4) is 0 Å². The van der Waals surface area contributed by atoms with E-state index < -0.39 is 25.8 Å². The van der Waals surface area contributed by atoms with Crippen molar-refractivity contribution in [2.45, 2.75) is 49.3 Å². The van der Waals surface area contributed by atoms with E-state index in [4.69, 9.17) is 4.78 Å². The molecule has 0 fully saturated rings. The number of hydrogen-bond donors (Lipinski definition) is 3. The van der Waals surface area contributed by atoms with E-state index in [-0.39, 0.29) is 35.1 Å². The van der Waals surface area contributed by atoms with Gasteiger partial charge in [0.2, 0.25) is 0 Å². The molecule has 32 heavy (non-hydrogen) atoms. The van der Waals surface area contributed by atoms with Crippen LogP contribution in [0.5, 0.6) is 0 Å². The maximum absolute atomic E-state index is 12.8. The van der Waals surface area contributed by atoms with Crippen molar-refractivity contribution in [3.05, 3.63) is 53.1 Å². The van der Waals surface area contributed by atoms with Crippen LogP contribution < -0.4 is 10.0 Å². The number of nitrogens with one attached hydrogen (secondary N) is 3. The lowest BCUT2D eigenvalue weighted by atomic mass is 9.90. The summed E-state index contributed by atoms with van der Waals surface area (Å²) in [6.45, 7) is 7.72. The van der Waals surface area contributed by atoms with Gasteiger partial charge in [0.15, 0.2) is 19.8 Å². The molecule has 0 radical (unpaired) electrons. The van der Waals surface area contributed by atoms with Gasteiger partial charge in [-0.05, 0) is 59.4 Å². The number of hydrogen-bond acceptors (Lipinski definition) is 6. The van der Waals surface area contributed by atoms with Gasteiger partial charge in [-0.2, -0.15) is 18.8 Å². The highest BCUT2D eigenvalue weighted by atomic mass is 32.2. The second-order valence-corrected chi connectivity index (χ2v) is 11.6. The summed E-state index contributed by atoms with van der Waals surface area (Å²) in [6, 6.07) is 9.67. The molecule has 1 atom stereocenters. The first kappa shape index (κ1) is 27.5. The SMILES string of the molecule is CC(C)c1cc(C#N)cc(C(C)C)c1NC(=O)NS(=N)(=O)c1ccc(S(C)(=O)=O)cc1.S. The Labute approximate surface area is 196 Å². The molecule has 3 N–H and O–H groups in total. The van der Waals surface area contributed by atoms with Gasteiger partial charge in [0.05, 0.1) is 21.4 Å². The van der Waals surface area contributed by atoms with Crippen LogP contribution in [-0.2, 0) is 19.8 Å². The lowest BCUT2D eigenvalue weighted by Gasteiger charge is -2.21. The van der Waals surface area contributed by atoms with E-state index in [2.05, 4.69) is 16.1 Å². The summed E-state index contributed by atoms with van der Waals surface area (Å²) in [6.07, 6.45) is 1.04. The molecule has 8 nitrogen and oxygen atoms in total. The number of amides is 2. The van der Waals surface area contributed by atoms with Gasteiger partial charge in [0.25, 0.3) is 0 Å². The Morgan fingerprint density at radius 1 is 0.969 bits per heavy atom. The van der Waals surface area contributed by atoms with Crippen molar-refractivity contribution in [2.24, 2.45) is 0 Å². The zero-order valence-electron chi connectivity index (χ0n) is 18.5. The van der Waals surface area contributed by atoms with Crippen molar-refractivity contribution in [2.75, 3.05) is 11.6 Å². The molecule has 2 amide bonds. The minimum atomic E-state index is -3.73. The van der Waals surface area contributed by atoms with E-state index in [1.165, 1.54) is 24.3 Å². The maximum atomic E-state index is 12.8. The van der Waals surface area contributed by atoms with Crippen molar-refractivity contribution in [1.82, 2.24) is 4.72 Å². The third kappa shape index (κ3) is 6.48. The van der Waals surface area contributed by atoms with Gasteiger partial charge in [0.1, 0.15) is 0 Å². The lowest BCUT2D eigenvalue weighted by molar-refractivity contribution is 0.256. The van der Waals surface area contributed by atoms with Crippen LogP contribution in [-0.4, -0.2) is 24.9 Å². The third-order valence-electron chi connectivity index (χ3n) is 4.63. The summed E-state index contributed by atoms with van der Waals surface area (Å²) >= 11 is 0. The summed E-state index contributed by atoms with van der Waals surface area (Å²) in [4.78, 5) is 12.6. The van der Waals surface area contributed by atoms with Crippen molar-refractivity contribution in [3.63, 3.8) is 0 Å². The molecule has 0 saturated carbocycles. The molecule has 0 aliphatic rings. The molecule has 11 heteroatoms. The molecule has 2 aromatic rings. The van der Waals surface area contributed by atoms with Crippen LogP contribution in [0.4, 0.5) is 10.5 Å². The zero-order valence-corrected chi connectivity index (χ0v) is 21.1. The highest BCUT2D eigenvalue weighted by molar-refractivity contribution is 7.91. The van der Waals surface area contributed by atoms with Gasteiger partial charge in [-0.1, -0.05) is 27.7 Å². The molecule has 0 spiro atoms. The van der Waals surface area contributed by atoms with Gasteiger partial charge < -0.3 is 5.32 Å². The lowest BCUT2D eigenvalue weighted by Crippen LogP contribution is -2.34.